The van der Waals surface area contributed by atoms with Crippen LogP contribution in [-0.4, -0.2) is 19.6 Å². The lowest BCUT2D eigenvalue weighted by molar-refractivity contribution is 0.417. The zero-order valence-corrected chi connectivity index (χ0v) is 10.6. The first-order valence-corrected chi connectivity index (χ1v) is 5.46. The molecule has 0 amide bonds. The third-order valence-corrected chi connectivity index (χ3v) is 3.21. The van der Waals surface area contributed by atoms with Crippen molar-refractivity contribution in [2.45, 2.75) is 13.0 Å². The molecule has 0 saturated carbocycles. The second-order valence-corrected chi connectivity index (χ2v) is 4.18. The van der Waals surface area contributed by atoms with Crippen molar-refractivity contribution < 1.29 is 4.39 Å². The van der Waals surface area contributed by atoms with E-state index < -0.39 is 0 Å². The zero-order chi connectivity index (χ0) is 10.8. The molecule has 2 N–H and O–H groups in total. The Morgan fingerprint density at radius 1 is 1.38 bits per heavy atom. The van der Waals surface area contributed by atoms with Crippen molar-refractivity contribution >= 4 is 24.0 Å². The van der Waals surface area contributed by atoms with Gasteiger partial charge in [0.15, 0.2) is 0 Å². The molecular weight excluding hydrogens is 250 g/mol. The zero-order valence-electron chi connectivity index (χ0n) is 9.02. The third kappa shape index (κ3) is 2.66. The lowest BCUT2D eigenvalue weighted by Crippen LogP contribution is -2.43. The number of piperazine rings is 1. The number of halogens is 3. The van der Waals surface area contributed by atoms with Crippen LogP contribution in [0.4, 0.5) is 4.39 Å². The lowest BCUT2D eigenvalue weighted by Gasteiger charge is -2.26. The number of nitrogens with one attached hydrogen (secondary N) is 2. The van der Waals surface area contributed by atoms with Gasteiger partial charge in [-0.25, -0.2) is 4.39 Å². The number of hydrogen-bond acceptors (Lipinski definition) is 2. The molecule has 1 aromatic carbocycles. The van der Waals surface area contributed by atoms with Crippen LogP contribution in [-0.2, 0) is 0 Å². The predicted octanol–water partition coefficient (Wildman–Crippen LogP) is 2.44. The highest BCUT2D eigenvalue weighted by Crippen LogP contribution is 2.29. The molecule has 5 heteroatoms. The van der Waals surface area contributed by atoms with Gasteiger partial charge in [0.1, 0.15) is 5.82 Å². The summed E-state index contributed by atoms with van der Waals surface area (Å²) in [6.07, 6.45) is 0. The maximum Gasteiger partial charge on any atom is 0.129 e. The molecule has 1 aliphatic rings. The Bertz CT molecular complexity index is 365. The van der Waals surface area contributed by atoms with Crippen molar-refractivity contribution in [1.82, 2.24) is 10.6 Å². The maximum atomic E-state index is 13.7. The first kappa shape index (κ1) is 13.7. The smallest absolute Gasteiger partial charge is 0.129 e. The van der Waals surface area contributed by atoms with Crippen LogP contribution in [0.5, 0.6) is 0 Å². The second-order valence-electron chi connectivity index (χ2n) is 3.80. The average Bonchev–Trinajstić information content (AvgIpc) is 2.26. The Balaban J connectivity index is 0.00000128. The summed E-state index contributed by atoms with van der Waals surface area (Å²) in [7, 11) is 0. The van der Waals surface area contributed by atoms with Crippen molar-refractivity contribution in [3.8, 4) is 0 Å². The predicted molar refractivity (Wildman–Crippen MR) is 67.0 cm³/mol. The van der Waals surface area contributed by atoms with Crippen molar-refractivity contribution in [2.24, 2.45) is 0 Å². The van der Waals surface area contributed by atoms with Gasteiger partial charge in [0, 0.05) is 31.2 Å². The summed E-state index contributed by atoms with van der Waals surface area (Å²) < 4.78 is 13.7. The summed E-state index contributed by atoms with van der Waals surface area (Å²) in [4.78, 5) is 0. The molecule has 1 aliphatic heterocycles. The highest BCUT2D eigenvalue weighted by Gasteiger charge is 2.21. The van der Waals surface area contributed by atoms with Gasteiger partial charge in [-0.1, -0.05) is 17.7 Å². The molecule has 1 atom stereocenters. The van der Waals surface area contributed by atoms with Crippen LogP contribution in [0.25, 0.3) is 0 Å². The Labute approximate surface area is 106 Å². The maximum absolute atomic E-state index is 13.7. The molecule has 1 heterocycles. The van der Waals surface area contributed by atoms with Gasteiger partial charge in [-0.2, -0.15) is 0 Å². The first-order chi connectivity index (χ1) is 7.20. The molecule has 0 aromatic heterocycles. The topological polar surface area (TPSA) is 24.1 Å². The van der Waals surface area contributed by atoms with Gasteiger partial charge in [0.2, 0.25) is 0 Å². The molecule has 1 saturated heterocycles. The van der Waals surface area contributed by atoms with Crippen LogP contribution in [0.1, 0.15) is 17.2 Å². The van der Waals surface area contributed by atoms with Crippen LogP contribution in [0.2, 0.25) is 5.02 Å². The minimum atomic E-state index is -0.230. The van der Waals surface area contributed by atoms with Crippen molar-refractivity contribution in [2.75, 3.05) is 19.6 Å². The Morgan fingerprint density at radius 2 is 2.12 bits per heavy atom. The summed E-state index contributed by atoms with van der Waals surface area (Å²) in [5, 5.41) is 7.01. The largest absolute Gasteiger partial charge is 0.314 e. The van der Waals surface area contributed by atoms with E-state index in [1.54, 1.807) is 6.07 Å². The van der Waals surface area contributed by atoms with Crippen molar-refractivity contribution in [3.63, 3.8) is 0 Å². The highest BCUT2D eigenvalue weighted by molar-refractivity contribution is 6.32. The molecule has 0 unspecified atom stereocenters. The van der Waals surface area contributed by atoms with E-state index in [4.69, 9.17) is 11.6 Å². The number of rotatable bonds is 1. The summed E-state index contributed by atoms with van der Waals surface area (Å²) >= 11 is 6.12. The van der Waals surface area contributed by atoms with E-state index in [1.807, 2.05) is 6.92 Å². The molecule has 90 valence electrons. The van der Waals surface area contributed by atoms with Gasteiger partial charge < -0.3 is 10.6 Å². The average molecular weight is 265 g/mol. The monoisotopic (exact) mass is 264 g/mol. The van der Waals surface area contributed by atoms with Gasteiger partial charge in [-0.05, 0) is 18.6 Å². The quantitative estimate of drug-likeness (QED) is 0.815. The normalized spacial score (nSPS) is 20.3. The molecule has 2 nitrogen and oxygen atoms in total. The third-order valence-electron chi connectivity index (χ3n) is 2.71. The van der Waals surface area contributed by atoms with Crippen molar-refractivity contribution in [3.05, 3.63) is 34.1 Å². The first-order valence-electron chi connectivity index (χ1n) is 5.08. The molecule has 16 heavy (non-hydrogen) atoms. The molecule has 1 fully saturated rings. The van der Waals surface area contributed by atoms with E-state index in [1.165, 1.54) is 6.07 Å². The Morgan fingerprint density at radius 3 is 2.75 bits per heavy atom. The fourth-order valence-corrected chi connectivity index (χ4v) is 2.14. The summed E-state index contributed by atoms with van der Waals surface area (Å²) in [5.74, 6) is -0.230. The molecule has 0 aliphatic carbocycles. The second kappa shape index (κ2) is 5.82. The van der Waals surface area contributed by atoms with Crippen LogP contribution in [0.3, 0.4) is 0 Å². The minimum absolute atomic E-state index is 0. The molecule has 0 spiro atoms. The van der Waals surface area contributed by atoms with Gasteiger partial charge in [0.25, 0.3) is 0 Å². The SMILES string of the molecule is Cc1ccc(F)c([C@@H]2CNCCN2)c1Cl.Cl. The lowest BCUT2D eigenvalue weighted by atomic mass is 10.0. The van der Waals surface area contributed by atoms with Crippen molar-refractivity contribution in [1.29, 1.82) is 0 Å². The number of benzene rings is 1. The Hall–Kier alpha value is -0.350. The van der Waals surface area contributed by atoms with Crippen LogP contribution in [0.15, 0.2) is 12.1 Å². The van der Waals surface area contributed by atoms with Gasteiger partial charge in [0.05, 0.1) is 5.02 Å². The van der Waals surface area contributed by atoms with Crippen LogP contribution >= 0.6 is 24.0 Å². The van der Waals surface area contributed by atoms with E-state index in [2.05, 4.69) is 10.6 Å². The summed E-state index contributed by atoms with van der Waals surface area (Å²) in [5.41, 5.74) is 1.50. The molecule has 0 bridgehead atoms. The summed E-state index contributed by atoms with van der Waals surface area (Å²) in [6, 6.07) is 3.16. The molecule has 2 rings (SSSR count). The van der Waals surface area contributed by atoms with Crippen LogP contribution < -0.4 is 10.6 Å². The molecule has 1 aromatic rings. The van der Waals surface area contributed by atoms with Gasteiger partial charge in [-0.15, -0.1) is 12.4 Å². The Kier molecular flexibility index (Phi) is 4.99. The van der Waals surface area contributed by atoms with Gasteiger partial charge in [-0.3, -0.25) is 0 Å². The summed E-state index contributed by atoms with van der Waals surface area (Å²) in [6.45, 7) is 4.37. The van der Waals surface area contributed by atoms with Gasteiger partial charge >= 0.3 is 0 Å². The molecule has 0 radical (unpaired) electrons. The van der Waals surface area contributed by atoms with E-state index >= 15 is 0 Å². The van der Waals surface area contributed by atoms with E-state index in [9.17, 15) is 4.39 Å². The number of hydrogen-bond donors (Lipinski definition) is 2. The fourth-order valence-electron chi connectivity index (χ4n) is 1.86. The minimum Gasteiger partial charge on any atom is -0.314 e. The standard InChI is InChI=1S/C11H14ClFN2.ClH/c1-7-2-3-8(13)10(11(7)12)9-6-14-4-5-15-9;/h2-3,9,14-15H,4-6H2,1H3;1H/t9-;/m0./s1. The van der Waals surface area contributed by atoms with Crippen LogP contribution in [0, 0.1) is 12.7 Å². The van der Waals surface area contributed by atoms with E-state index in [0.717, 1.165) is 25.2 Å². The highest BCUT2D eigenvalue weighted by atomic mass is 35.5. The van der Waals surface area contributed by atoms with E-state index in [0.29, 0.717) is 10.6 Å². The molecular formula is C11H15Cl2FN2. The van der Waals surface area contributed by atoms with E-state index in [-0.39, 0.29) is 24.3 Å². The number of aryl methyl sites for hydroxylation is 1. The fraction of sp³-hybridized carbons (Fsp3) is 0.455.